The van der Waals surface area contributed by atoms with Crippen LogP contribution in [0.5, 0.6) is 0 Å². The number of rotatable bonds is 12. The number of benzene rings is 4. The summed E-state index contributed by atoms with van der Waals surface area (Å²) in [6.45, 7) is 0.358. The maximum atomic E-state index is 12.5. The third-order valence-electron chi connectivity index (χ3n) is 7.10. The van der Waals surface area contributed by atoms with Crippen molar-refractivity contribution in [3.8, 4) is 0 Å². The zero-order valence-corrected chi connectivity index (χ0v) is 23.7. The molecule has 0 spiro atoms. The van der Waals surface area contributed by atoms with Gasteiger partial charge in [0.2, 0.25) is 10.0 Å². The van der Waals surface area contributed by atoms with Crippen molar-refractivity contribution in [1.29, 1.82) is 0 Å². The largest absolute Gasteiger partial charge is 0.319 e. The van der Waals surface area contributed by atoms with Gasteiger partial charge in [0.05, 0.1) is 17.8 Å². The van der Waals surface area contributed by atoms with Crippen LogP contribution in [0.2, 0.25) is 5.02 Å². The van der Waals surface area contributed by atoms with E-state index in [9.17, 15) is 8.42 Å². The van der Waals surface area contributed by atoms with Gasteiger partial charge in [0.15, 0.2) is 0 Å². The Morgan fingerprint density at radius 3 is 1.77 bits per heavy atom. The Bertz CT molecular complexity index is 1510. The van der Waals surface area contributed by atoms with Crippen molar-refractivity contribution in [2.45, 2.75) is 24.8 Å². The van der Waals surface area contributed by atoms with Crippen LogP contribution in [0.3, 0.4) is 0 Å². The lowest BCUT2D eigenvalue weighted by Crippen LogP contribution is -2.36. The van der Waals surface area contributed by atoms with Crippen LogP contribution in [0.15, 0.2) is 128 Å². The van der Waals surface area contributed by atoms with E-state index in [1.54, 1.807) is 12.1 Å². The molecule has 0 bridgehead atoms. The molecule has 0 radical (unpaired) electrons. The number of aromatic nitrogens is 2. The molecule has 1 N–H and O–H groups in total. The van der Waals surface area contributed by atoms with Crippen LogP contribution in [0, 0.1) is 0 Å². The first kappa shape index (κ1) is 27.8. The number of hydrogen-bond donors (Lipinski definition) is 1. The minimum atomic E-state index is -3.38. The van der Waals surface area contributed by atoms with Gasteiger partial charge in [0.1, 0.15) is 5.54 Å². The molecule has 0 saturated carbocycles. The van der Waals surface area contributed by atoms with E-state index >= 15 is 0 Å². The second kappa shape index (κ2) is 12.6. The van der Waals surface area contributed by atoms with Gasteiger partial charge in [0.25, 0.3) is 0 Å². The second-order valence-electron chi connectivity index (χ2n) is 9.77. The number of aryl methyl sites for hydroxylation is 2. The first-order chi connectivity index (χ1) is 19.5. The van der Waals surface area contributed by atoms with Crippen molar-refractivity contribution in [2.24, 2.45) is 0 Å². The summed E-state index contributed by atoms with van der Waals surface area (Å²) < 4.78 is 30.0. The van der Waals surface area contributed by atoms with Gasteiger partial charge < -0.3 is 4.57 Å². The minimum Gasteiger partial charge on any atom is -0.319 e. The lowest BCUT2D eigenvalue weighted by atomic mass is 9.77. The Morgan fingerprint density at radius 2 is 1.25 bits per heavy atom. The molecular formula is C33H32ClN3O2S. The van der Waals surface area contributed by atoms with E-state index in [2.05, 4.69) is 88.3 Å². The number of sulfonamides is 1. The third-order valence-corrected chi connectivity index (χ3v) is 8.74. The Morgan fingerprint density at radius 1 is 0.725 bits per heavy atom. The molecule has 0 aliphatic heterocycles. The molecule has 0 aliphatic carbocycles. The highest BCUT2D eigenvalue weighted by molar-refractivity contribution is 7.89. The molecule has 0 aliphatic rings. The highest BCUT2D eigenvalue weighted by Crippen LogP contribution is 2.40. The topological polar surface area (TPSA) is 64.0 Å². The standard InChI is InChI=1S/C33H32ClN3O2S/c34-31-20-18-27(19-21-31)22-24-40(38,39)36-23-10-17-32-25-37(26-35-32)33(28-11-4-1-5-12-28,29-13-6-2-7-14-29)30-15-8-3-9-16-30/h1-9,11-16,18-21,25-26,36H,10,17,22-24H2. The first-order valence-corrected chi connectivity index (χ1v) is 15.4. The number of imidazole rings is 1. The predicted octanol–water partition coefficient (Wildman–Crippen LogP) is 6.47. The lowest BCUT2D eigenvalue weighted by Gasteiger charge is -2.37. The molecule has 0 amide bonds. The molecule has 5 rings (SSSR count). The molecule has 0 fully saturated rings. The molecule has 0 unspecified atom stereocenters. The summed E-state index contributed by atoms with van der Waals surface area (Å²) >= 11 is 5.92. The fourth-order valence-electron chi connectivity index (χ4n) is 5.13. The molecule has 7 heteroatoms. The predicted molar refractivity (Wildman–Crippen MR) is 162 cm³/mol. The van der Waals surface area contributed by atoms with Gasteiger partial charge in [-0.1, -0.05) is 115 Å². The van der Waals surface area contributed by atoms with Crippen molar-refractivity contribution in [2.75, 3.05) is 12.3 Å². The van der Waals surface area contributed by atoms with Crippen LogP contribution >= 0.6 is 11.6 Å². The van der Waals surface area contributed by atoms with E-state index in [4.69, 9.17) is 16.6 Å². The summed E-state index contributed by atoms with van der Waals surface area (Å²) in [5.74, 6) is 0.0387. The van der Waals surface area contributed by atoms with E-state index in [1.165, 1.54) is 0 Å². The van der Waals surface area contributed by atoms with Crippen molar-refractivity contribution in [1.82, 2.24) is 14.3 Å². The average Bonchev–Trinajstić information content (AvgIpc) is 3.46. The van der Waals surface area contributed by atoms with Crippen LogP contribution in [-0.2, 0) is 28.4 Å². The van der Waals surface area contributed by atoms with Gasteiger partial charge in [0, 0.05) is 17.8 Å². The Hall–Kier alpha value is -3.71. The zero-order chi connectivity index (χ0) is 27.8. The Labute approximate surface area is 241 Å². The summed E-state index contributed by atoms with van der Waals surface area (Å²) in [5.41, 5.74) is 4.63. The van der Waals surface area contributed by atoms with Crippen LogP contribution in [0.1, 0.15) is 34.4 Å². The zero-order valence-electron chi connectivity index (χ0n) is 22.2. The summed E-state index contributed by atoms with van der Waals surface area (Å²) in [6.07, 6.45) is 5.71. The minimum absolute atomic E-state index is 0.0387. The normalized spacial score (nSPS) is 11.9. The monoisotopic (exact) mass is 569 g/mol. The summed E-state index contributed by atoms with van der Waals surface area (Å²) in [7, 11) is -3.38. The highest BCUT2D eigenvalue weighted by atomic mass is 35.5. The summed E-state index contributed by atoms with van der Waals surface area (Å²) in [6, 6.07) is 38.6. The van der Waals surface area contributed by atoms with Gasteiger partial charge in [-0.15, -0.1) is 0 Å². The van der Waals surface area contributed by atoms with E-state index in [0.29, 0.717) is 30.8 Å². The summed E-state index contributed by atoms with van der Waals surface area (Å²) in [4.78, 5) is 4.75. The second-order valence-corrected chi connectivity index (χ2v) is 12.1. The van der Waals surface area contributed by atoms with Crippen molar-refractivity contribution in [3.05, 3.63) is 161 Å². The van der Waals surface area contributed by atoms with Gasteiger partial charge in [-0.2, -0.15) is 0 Å². The van der Waals surface area contributed by atoms with E-state index < -0.39 is 15.6 Å². The highest BCUT2D eigenvalue weighted by Gasteiger charge is 2.38. The van der Waals surface area contributed by atoms with Crippen LogP contribution < -0.4 is 4.72 Å². The molecule has 5 aromatic rings. The Balaban J connectivity index is 1.33. The Kier molecular flexibility index (Phi) is 8.80. The van der Waals surface area contributed by atoms with Crippen LogP contribution in [-0.4, -0.2) is 30.3 Å². The van der Waals surface area contributed by atoms with Crippen LogP contribution in [0.4, 0.5) is 0 Å². The number of hydrogen-bond acceptors (Lipinski definition) is 3. The molecule has 0 atom stereocenters. The maximum Gasteiger partial charge on any atom is 0.211 e. The molecule has 204 valence electrons. The number of halogens is 1. The number of nitrogens with zero attached hydrogens (tertiary/aromatic N) is 2. The third kappa shape index (κ3) is 6.36. The van der Waals surface area contributed by atoms with Gasteiger partial charge in [-0.3, -0.25) is 0 Å². The van der Waals surface area contributed by atoms with Gasteiger partial charge >= 0.3 is 0 Å². The van der Waals surface area contributed by atoms with E-state index in [1.807, 2.05) is 36.7 Å². The SMILES string of the molecule is O=S(=O)(CCc1ccc(Cl)cc1)NCCCc1cn(C(c2ccccc2)(c2ccccc2)c2ccccc2)cn1. The molecule has 40 heavy (non-hydrogen) atoms. The fourth-order valence-corrected chi connectivity index (χ4v) is 6.36. The van der Waals surface area contributed by atoms with Crippen molar-refractivity contribution in [3.63, 3.8) is 0 Å². The summed E-state index contributed by atoms with van der Waals surface area (Å²) in [5, 5.41) is 0.640. The van der Waals surface area contributed by atoms with E-state index in [-0.39, 0.29) is 5.75 Å². The van der Waals surface area contributed by atoms with Gasteiger partial charge in [-0.05, 0) is 53.6 Å². The lowest BCUT2D eigenvalue weighted by molar-refractivity contribution is 0.514. The van der Waals surface area contributed by atoms with E-state index in [0.717, 1.165) is 27.9 Å². The quantitative estimate of drug-likeness (QED) is 0.138. The average molecular weight is 570 g/mol. The number of nitrogens with one attached hydrogen (secondary N) is 1. The fraction of sp³-hybridized carbons (Fsp3) is 0.182. The van der Waals surface area contributed by atoms with Gasteiger partial charge in [-0.25, -0.2) is 18.1 Å². The first-order valence-electron chi connectivity index (χ1n) is 13.4. The molecule has 4 aromatic carbocycles. The van der Waals surface area contributed by atoms with Crippen molar-refractivity contribution < 1.29 is 8.42 Å². The smallest absolute Gasteiger partial charge is 0.211 e. The maximum absolute atomic E-state index is 12.5. The molecule has 1 aromatic heterocycles. The molecular weight excluding hydrogens is 538 g/mol. The van der Waals surface area contributed by atoms with Crippen molar-refractivity contribution >= 4 is 21.6 Å². The van der Waals surface area contributed by atoms with Crippen LogP contribution in [0.25, 0.3) is 0 Å². The molecule has 0 saturated heterocycles. The molecule has 1 heterocycles. The molecule has 5 nitrogen and oxygen atoms in total.